The fourth-order valence-corrected chi connectivity index (χ4v) is 2.38. The minimum absolute atomic E-state index is 0.0823. The summed E-state index contributed by atoms with van der Waals surface area (Å²) in [6, 6.07) is 8.02. The molecule has 1 aliphatic rings. The van der Waals surface area contributed by atoms with Crippen molar-refractivity contribution >= 4 is 17.3 Å². The van der Waals surface area contributed by atoms with Crippen molar-refractivity contribution < 1.29 is 4.79 Å². The van der Waals surface area contributed by atoms with Gasteiger partial charge in [-0.15, -0.1) is 0 Å². The third-order valence-electron chi connectivity index (χ3n) is 3.11. The summed E-state index contributed by atoms with van der Waals surface area (Å²) in [7, 11) is 0. The highest BCUT2D eigenvalue weighted by atomic mass is 16.2. The average Bonchev–Trinajstić information content (AvgIpc) is 2.25. The lowest BCUT2D eigenvalue weighted by Gasteiger charge is -2.41. The van der Waals surface area contributed by atoms with Crippen LogP contribution in [-0.4, -0.2) is 18.0 Å². The van der Waals surface area contributed by atoms with Gasteiger partial charge in [0, 0.05) is 18.5 Å². The summed E-state index contributed by atoms with van der Waals surface area (Å²) in [6.45, 7) is 9.13. The Labute approximate surface area is 109 Å². The minimum atomic E-state index is -0.0823. The molecule has 0 saturated carbocycles. The smallest absolute Gasteiger partial charge is 0.227 e. The third kappa shape index (κ3) is 2.66. The summed E-state index contributed by atoms with van der Waals surface area (Å²) in [5.74, 6) is 0.606. The van der Waals surface area contributed by atoms with E-state index in [1.165, 1.54) is 0 Å². The largest absolute Gasteiger partial charge is 0.377 e. The van der Waals surface area contributed by atoms with Crippen LogP contribution in [0.15, 0.2) is 24.3 Å². The van der Waals surface area contributed by atoms with Crippen LogP contribution in [0.4, 0.5) is 11.4 Å². The summed E-state index contributed by atoms with van der Waals surface area (Å²) < 4.78 is 0. The van der Waals surface area contributed by atoms with Gasteiger partial charge in [-0.2, -0.15) is 0 Å². The monoisotopic (exact) mass is 246 g/mol. The van der Waals surface area contributed by atoms with Crippen LogP contribution in [-0.2, 0) is 4.79 Å². The first kappa shape index (κ1) is 12.9. The van der Waals surface area contributed by atoms with E-state index in [1.54, 1.807) is 0 Å². The molecule has 0 atom stereocenters. The summed E-state index contributed by atoms with van der Waals surface area (Å²) in [5, 5.41) is 3.48. The summed E-state index contributed by atoms with van der Waals surface area (Å²) in [6.07, 6.45) is 0.602. The molecule has 0 aromatic heterocycles. The van der Waals surface area contributed by atoms with Crippen molar-refractivity contribution in [3.63, 3.8) is 0 Å². The van der Waals surface area contributed by atoms with Gasteiger partial charge >= 0.3 is 0 Å². The molecule has 1 heterocycles. The molecule has 3 heteroatoms. The van der Waals surface area contributed by atoms with Gasteiger partial charge in [0.25, 0.3) is 0 Å². The van der Waals surface area contributed by atoms with Gasteiger partial charge in [-0.3, -0.25) is 4.79 Å². The standard InChI is InChI=1S/C15H22N2O/c1-11(2)9-14(18)17-10-15(3,4)16-12-7-5-6-8-13(12)17/h5-8,11,16H,9-10H2,1-4H3. The van der Waals surface area contributed by atoms with Gasteiger partial charge in [-0.25, -0.2) is 0 Å². The minimum Gasteiger partial charge on any atom is -0.377 e. The molecule has 1 aliphatic heterocycles. The Morgan fingerprint density at radius 3 is 2.72 bits per heavy atom. The van der Waals surface area contributed by atoms with Gasteiger partial charge in [-0.1, -0.05) is 26.0 Å². The Balaban J connectivity index is 2.33. The second kappa shape index (κ2) is 4.63. The van der Waals surface area contributed by atoms with Crippen molar-refractivity contribution in [2.24, 2.45) is 5.92 Å². The Morgan fingerprint density at radius 2 is 2.06 bits per heavy atom. The predicted molar refractivity (Wildman–Crippen MR) is 76.0 cm³/mol. The molecule has 1 aromatic carbocycles. The number of para-hydroxylation sites is 2. The number of carbonyl (C=O) groups excluding carboxylic acids is 1. The van der Waals surface area contributed by atoms with Gasteiger partial charge in [0.15, 0.2) is 0 Å². The summed E-state index contributed by atoms with van der Waals surface area (Å²) in [5.41, 5.74) is 1.97. The van der Waals surface area contributed by atoms with Gasteiger partial charge in [-0.05, 0) is 31.9 Å². The van der Waals surface area contributed by atoms with E-state index in [2.05, 4.69) is 33.0 Å². The summed E-state index contributed by atoms with van der Waals surface area (Å²) >= 11 is 0. The molecule has 98 valence electrons. The third-order valence-corrected chi connectivity index (χ3v) is 3.11. The highest BCUT2D eigenvalue weighted by Crippen LogP contribution is 2.34. The molecular weight excluding hydrogens is 224 g/mol. The zero-order valence-corrected chi connectivity index (χ0v) is 11.7. The van der Waals surface area contributed by atoms with Crippen LogP contribution < -0.4 is 10.2 Å². The number of fused-ring (bicyclic) bond motifs is 1. The van der Waals surface area contributed by atoms with Crippen molar-refractivity contribution in [3.8, 4) is 0 Å². The van der Waals surface area contributed by atoms with Crippen LogP contribution in [0, 0.1) is 5.92 Å². The number of benzene rings is 1. The predicted octanol–water partition coefficient (Wildman–Crippen LogP) is 3.27. The van der Waals surface area contributed by atoms with Crippen molar-refractivity contribution in [2.45, 2.75) is 39.7 Å². The lowest BCUT2D eigenvalue weighted by molar-refractivity contribution is -0.119. The molecule has 1 aromatic rings. The molecule has 0 radical (unpaired) electrons. The van der Waals surface area contributed by atoms with Crippen LogP contribution in [0.2, 0.25) is 0 Å². The van der Waals surface area contributed by atoms with Crippen LogP contribution >= 0.6 is 0 Å². The highest BCUT2D eigenvalue weighted by molar-refractivity contribution is 5.98. The van der Waals surface area contributed by atoms with E-state index in [0.717, 1.165) is 17.9 Å². The number of rotatable bonds is 2. The first-order valence-corrected chi connectivity index (χ1v) is 6.56. The van der Waals surface area contributed by atoms with Gasteiger partial charge in [0.05, 0.1) is 11.4 Å². The maximum atomic E-state index is 12.4. The number of nitrogens with one attached hydrogen (secondary N) is 1. The maximum absolute atomic E-state index is 12.4. The Bertz CT molecular complexity index is 452. The fourth-order valence-electron chi connectivity index (χ4n) is 2.38. The number of amides is 1. The van der Waals surface area contributed by atoms with E-state index >= 15 is 0 Å². The van der Waals surface area contributed by atoms with E-state index in [4.69, 9.17) is 0 Å². The molecule has 0 bridgehead atoms. The fraction of sp³-hybridized carbons (Fsp3) is 0.533. The number of nitrogens with zero attached hydrogens (tertiary/aromatic N) is 1. The molecule has 0 aliphatic carbocycles. The van der Waals surface area contributed by atoms with Crippen LogP contribution in [0.25, 0.3) is 0 Å². The zero-order chi connectivity index (χ0) is 13.3. The van der Waals surface area contributed by atoms with Crippen molar-refractivity contribution in [2.75, 3.05) is 16.8 Å². The molecule has 0 spiro atoms. The Hall–Kier alpha value is -1.51. The topological polar surface area (TPSA) is 32.3 Å². The molecular formula is C15H22N2O. The van der Waals surface area contributed by atoms with Crippen molar-refractivity contribution in [1.29, 1.82) is 0 Å². The molecule has 0 fully saturated rings. The lowest BCUT2D eigenvalue weighted by atomic mass is 9.98. The second-order valence-electron chi connectivity index (χ2n) is 6.10. The van der Waals surface area contributed by atoms with Crippen molar-refractivity contribution in [1.82, 2.24) is 0 Å². The second-order valence-corrected chi connectivity index (χ2v) is 6.10. The number of anilines is 2. The van der Waals surface area contributed by atoms with Crippen LogP contribution in [0.1, 0.15) is 34.1 Å². The molecule has 1 amide bonds. The first-order valence-electron chi connectivity index (χ1n) is 6.56. The van der Waals surface area contributed by atoms with E-state index < -0.39 is 0 Å². The molecule has 2 rings (SSSR count). The Kier molecular flexibility index (Phi) is 3.33. The quantitative estimate of drug-likeness (QED) is 0.868. The highest BCUT2D eigenvalue weighted by Gasteiger charge is 2.32. The average molecular weight is 246 g/mol. The van der Waals surface area contributed by atoms with Crippen LogP contribution in [0.3, 0.4) is 0 Å². The summed E-state index contributed by atoms with van der Waals surface area (Å²) in [4.78, 5) is 14.3. The number of hydrogen-bond acceptors (Lipinski definition) is 2. The maximum Gasteiger partial charge on any atom is 0.227 e. The van der Waals surface area contributed by atoms with E-state index in [0.29, 0.717) is 12.3 Å². The molecule has 3 nitrogen and oxygen atoms in total. The van der Waals surface area contributed by atoms with Gasteiger partial charge in [0.2, 0.25) is 5.91 Å². The van der Waals surface area contributed by atoms with Crippen molar-refractivity contribution in [3.05, 3.63) is 24.3 Å². The number of carbonyl (C=O) groups is 1. The van der Waals surface area contributed by atoms with E-state index in [1.807, 2.05) is 29.2 Å². The zero-order valence-electron chi connectivity index (χ0n) is 11.7. The van der Waals surface area contributed by atoms with Crippen LogP contribution in [0.5, 0.6) is 0 Å². The molecule has 0 saturated heterocycles. The number of hydrogen-bond donors (Lipinski definition) is 1. The van der Waals surface area contributed by atoms with E-state index in [9.17, 15) is 4.79 Å². The first-order chi connectivity index (χ1) is 8.39. The SMILES string of the molecule is CC(C)CC(=O)N1CC(C)(C)Nc2ccccc21. The lowest BCUT2D eigenvalue weighted by Crippen LogP contribution is -2.50. The van der Waals surface area contributed by atoms with Gasteiger partial charge in [0.1, 0.15) is 0 Å². The normalized spacial score (nSPS) is 17.3. The molecule has 18 heavy (non-hydrogen) atoms. The molecule has 0 unspecified atom stereocenters. The van der Waals surface area contributed by atoms with E-state index in [-0.39, 0.29) is 11.4 Å². The Morgan fingerprint density at radius 1 is 1.39 bits per heavy atom. The molecule has 1 N–H and O–H groups in total. The van der Waals surface area contributed by atoms with Gasteiger partial charge < -0.3 is 10.2 Å².